The normalized spacial score (nSPS) is 21.2. The molecule has 3 rings (SSSR count). The summed E-state index contributed by atoms with van der Waals surface area (Å²) in [5.74, 6) is 0.00241. The molecule has 5 heteroatoms. The van der Waals surface area contributed by atoms with E-state index in [0.29, 0.717) is 11.6 Å². The monoisotopic (exact) mass is 261 g/mol. The smallest absolute Gasteiger partial charge is 0.257 e. The first-order chi connectivity index (χ1) is 9.25. The summed E-state index contributed by atoms with van der Waals surface area (Å²) in [6.07, 6.45) is 0. The highest BCUT2D eigenvalue weighted by molar-refractivity contribution is 5.97. The van der Waals surface area contributed by atoms with Crippen molar-refractivity contribution in [1.29, 1.82) is 0 Å². The van der Waals surface area contributed by atoms with E-state index in [4.69, 9.17) is 0 Å². The quantitative estimate of drug-likeness (QED) is 0.794. The van der Waals surface area contributed by atoms with Gasteiger partial charge in [-0.15, -0.1) is 0 Å². The molecule has 102 valence electrons. The van der Waals surface area contributed by atoms with Gasteiger partial charge in [-0.05, 0) is 12.1 Å². The molecule has 2 fully saturated rings. The number of amides is 1. The van der Waals surface area contributed by atoms with Crippen LogP contribution in [0, 0.1) is 0 Å². The van der Waals surface area contributed by atoms with Gasteiger partial charge in [-0.2, -0.15) is 0 Å². The van der Waals surface area contributed by atoms with Gasteiger partial charge < -0.3 is 15.3 Å². The Labute approximate surface area is 112 Å². The van der Waals surface area contributed by atoms with Crippen molar-refractivity contribution in [2.45, 2.75) is 6.04 Å². The maximum Gasteiger partial charge on any atom is 0.257 e. The second kappa shape index (κ2) is 5.19. The van der Waals surface area contributed by atoms with Crippen LogP contribution in [-0.2, 0) is 0 Å². The minimum Gasteiger partial charge on any atom is -0.507 e. The van der Waals surface area contributed by atoms with Crippen LogP contribution in [0.1, 0.15) is 10.4 Å². The van der Waals surface area contributed by atoms with Gasteiger partial charge in [0.05, 0.1) is 5.56 Å². The second-order valence-electron chi connectivity index (χ2n) is 5.17. The predicted octanol–water partition coefficient (Wildman–Crippen LogP) is 0.122. The van der Waals surface area contributed by atoms with Crippen LogP contribution < -0.4 is 5.32 Å². The Balaban J connectivity index is 1.58. The molecular weight excluding hydrogens is 242 g/mol. The van der Waals surface area contributed by atoms with Crippen LogP contribution in [0.4, 0.5) is 0 Å². The molecule has 2 N–H and O–H groups in total. The van der Waals surface area contributed by atoms with E-state index in [1.54, 1.807) is 24.3 Å². The second-order valence-corrected chi connectivity index (χ2v) is 5.17. The molecule has 0 bridgehead atoms. The van der Waals surface area contributed by atoms with Crippen molar-refractivity contribution in [3.63, 3.8) is 0 Å². The van der Waals surface area contributed by atoms with Crippen molar-refractivity contribution >= 4 is 5.91 Å². The van der Waals surface area contributed by atoms with Crippen LogP contribution in [0.25, 0.3) is 0 Å². The number of hydrogen-bond acceptors (Lipinski definition) is 4. The Hall–Kier alpha value is -1.59. The van der Waals surface area contributed by atoms with Gasteiger partial charge in [0, 0.05) is 45.3 Å². The van der Waals surface area contributed by atoms with Crippen molar-refractivity contribution in [1.82, 2.24) is 15.1 Å². The third-order valence-electron chi connectivity index (χ3n) is 3.95. The van der Waals surface area contributed by atoms with Gasteiger partial charge in [0.1, 0.15) is 5.75 Å². The highest BCUT2D eigenvalue weighted by Crippen LogP contribution is 2.23. The Bertz CT molecular complexity index is 466. The van der Waals surface area contributed by atoms with Crippen molar-refractivity contribution < 1.29 is 9.90 Å². The zero-order valence-corrected chi connectivity index (χ0v) is 10.9. The van der Waals surface area contributed by atoms with Crippen LogP contribution >= 0.6 is 0 Å². The molecule has 1 aromatic rings. The number of hydrogen-bond donors (Lipinski definition) is 2. The van der Waals surface area contributed by atoms with Gasteiger partial charge in [0.2, 0.25) is 0 Å². The summed E-state index contributed by atoms with van der Waals surface area (Å²) < 4.78 is 0. The van der Waals surface area contributed by atoms with Crippen LogP contribution in [0.2, 0.25) is 0 Å². The fraction of sp³-hybridized carbons (Fsp3) is 0.500. The standard InChI is InChI=1S/C14H19N3O2/c18-13-4-2-1-3-12(13)14(19)17-9-11(10-17)16-7-5-15-6-8-16/h1-4,11,15,18H,5-10H2. The lowest BCUT2D eigenvalue weighted by Gasteiger charge is -2.46. The average Bonchev–Trinajstić information content (AvgIpc) is 2.38. The largest absolute Gasteiger partial charge is 0.507 e. The Morgan fingerprint density at radius 1 is 1.21 bits per heavy atom. The van der Waals surface area contributed by atoms with Crippen LogP contribution in [0.5, 0.6) is 5.75 Å². The zero-order valence-electron chi connectivity index (χ0n) is 10.9. The number of phenols is 1. The summed E-state index contributed by atoms with van der Waals surface area (Å²) >= 11 is 0. The number of phenolic OH excluding ortho intramolecular Hbond substituents is 1. The van der Waals surface area contributed by atoms with E-state index in [2.05, 4.69) is 10.2 Å². The molecule has 0 aromatic heterocycles. The number of benzene rings is 1. The lowest BCUT2D eigenvalue weighted by molar-refractivity contribution is 0.0225. The van der Waals surface area contributed by atoms with E-state index in [9.17, 15) is 9.90 Å². The molecule has 2 aliphatic rings. The Morgan fingerprint density at radius 2 is 1.89 bits per heavy atom. The first-order valence-electron chi connectivity index (χ1n) is 6.78. The predicted molar refractivity (Wildman–Crippen MR) is 72.2 cm³/mol. The van der Waals surface area contributed by atoms with Crippen molar-refractivity contribution in [3.8, 4) is 5.75 Å². The van der Waals surface area contributed by atoms with E-state index in [-0.39, 0.29) is 11.7 Å². The van der Waals surface area contributed by atoms with Gasteiger partial charge in [-0.3, -0.25) is 9.69 Å². The minimum atomic E-state index is -0.0653. The first-order valence-corrected chi connectivity index (χ1v) is 6.78. The first kappa shape index (κ1) is 12.4. The van der Waals surface area contributed by atoms with Crippen molar-refractivity contribution in [2.75, 3.05) is 39.3 Å². The fourth-order valence-corrected chi connectivity index (χ4v) is 2.72. The molecule has 5 nitrogen and oxygen atoms in total. The summed E-state index contributed by atoms with van der Waals surface area (Å²) in [5, 5.41) is 13.0. The average molecular weight is 261 g/mol. The summed E-state index contributed by atoms with van der Waals surface area (Å²) in [6, 6.07) is 7.22. The molecule has 1 amide bonds. The summed E-state index contributed by atoms with van der Waals surface area (Å²) in [6.45, 7) is 5.72. The van der Waals surface area contributed by atoms with Gasteiger partial charge in [-0.1, -0.05) is 12.1 Å². The van der Waals surface area contributed by atoms with E-state index >= 15 is 0 Å². The van der Waals surface area contributed by atoms with Crippen LogP contribution in [-0.4, -0.2) is 66.1 Å². The molecule has 2 saturated heterocycles. The fourth-order valence-electron chi connectivity index (χ4n) is 2.72. The molecule has 1 aromatic carbocycles. The van der Waals surface area contributed by atoms with E-state index in [1.807, 2.05) is 4.90 Å². The number of carbonyl (C=O) groups excluding carboxylic acids is 1. The number of carbonyl (C=O) groups is 1. The summed E-state index contributed by atoms with van der Waals surface area (Å²) in [4.78, 5) is 16.5. The number of rotatable bonds is 2. The van der Waals surface area contributed by atoms with Crippen LogP contribution in [0.15, 0.2) is 24.3 Å². The molecule has 19 heavy (non-hydrogen) atoms. The van der Waals surface area contributed by atoms with Gasteiger partial charge in [0.25, 0.3) is 5.91 Å². The van der Waals surface area contributed by atoms with Crippen LogP contribution in [0.3, 0.4) is 0 Å². The van der Waals surface area contributed by atoms with Gasteiger partial charge in [0.15, 0.2) is 0 Å². The number of piperazine rings is 1. The molecule has 0 unspecified atom stereocenters. The molecule has 0 aliphatic carbocycles. The highest BCUT2D eigenvalue weighted by atomic mass is 16.3. The number of nitrogens with zero attached hydrogens (tertiary/aromatic N) is 2. The topological polar surface area (TPSA) is 55.8 Å². The molecule has 2 heterocycles. The van der Waals surface area contributed by atoms with E-state index < -0.39 is 0 Å². The van der Waals surface area contributed by atoms with Crippen molar-refractivity contribution in [2.24, 2.45) is 0 Å². The summed E-state index contributed by atoms with van der Waals surface area (Å²) in [7, 11) is 0. The number of aromatic hydroxyl groups is 1. The molecule has 0 saturated carbocycles. The zero-order chi connectivity index (χ0) is 13.2. The molecule has 0 spiro atoms. The third kappa shape index (κ3) is 2.43. The number of para-hydroxylation sites is 1. The maximum atomic E-state index is 12.2. The lowest BCUT2D eigenvalue weighted by Crippen LogP contribution is -2.63. The Kier molecular flexibility index (Phi) is 3.40. The lowest BCUT2D eigenvalue weighted by atomic mass is 10.0. The van der Waals surface area contributed by atoms with E-state index in [1.165, 1.54) is 0 Å². The molecule has 0 radical (unpaired) electrons. The molecule has 0 atom stereocenters. The number of likely N-dealkylation sites (tertiary alicyclic amines) is 1. The number of nitrogens with one attached hydrogen (secondary N) is 1. The van der Waals surface area contributed by atoms with Gasteiger partial charge in [-0.25, -0.2) is 0 Å². The van der Waals surface area contributed by atoms with Crippen molar-refractivity contribution in [3.05, 3.63) is 29.8 Å². The third-order valence-corrected chi connectivity index (χ3v) is 3.95. The molecule has 2 aliphatic heterocycles. The SMILES string of the molecule is O=C(c1ccccc1O)N1CC(N2CCNCC2)C1. The molecular formula is C14H19N3O2. The maximum absolute atomic E-state index is 12.2. The highest BCUT2D eigenvalue weighted by Gasteiger charge is 2.35. The van der Waals surface area contributed by atoms with E-state index in [0.717, 1.165) is 39.3 Å². The summed E-state index contributed by atoms with van der Waals surface area (Å²) in [5.41, 5.74) is 0.404. The van der Waals surface area contributed by atoms with Gasteiger partial charge >= 0.3 is 0 Å². The minimum absolute atomic E-state index is 0.0653. The Morgan fingerprint density at radius 3 is 2.58 bits per heavy atom.